The fraction of sp³-hybridized carbons (Fsp3) is 0.158. The summed E-state index contributed by atoms with van der Waals surface area (Å²) in [7, 11) is 0. The number of nitrogens with zero attached hydrogens (tertiary/aromatic N) is 1. The second-order valence-electron chi connectivity index (χ2n) is 5.47. The van der Waals surface area contributed by atoms with E-state index in [-0.39, 0.29) is 5.91 Å². The summed E-state index contributed by atoms with van der Waals surface area (Å²) in [6.07, 6.45) is 0.599. The number of hydrogen-bond donors (Lipinski definition) is 1. The van der Waals surface area contributed by atoms with E-state index in [9.17, 15) is 4.79 Å². The highest BCUT2D eigenvalue weighted by atomic mass is 79.9. The molecule has 3 rings (SSSR count). The number of anilines is 1. The largest absolute Gasteiger partial charge is 0.360 e. The summed E-state index contributed by atoms with van der Waals surface area (Å²) in [6.45, 7) is 3.92. The Labute approximate surface area is 149 Å². The molecule has 0 radical (unpaired) electrons. The Morgan fingerprint density at radius 3 is 2.62 bits per heavy atom. The molecule has 24 heavy (non-hydrogen) atoms. The second kappa shape index (κ2) is 7.01. The van der Waals surface area contributed by atoms with Gasteiger partial charge in [-0.15, -0.1) is 0 Å². The van der Waals surface area contributed by atoms with Crippen molar-refractivity contribution in [3.05, 3.63) is 69.9 Å². The molecule has 122 valence electrons. The molecule has 3 aromatic rings. The molecule has 0 aliphatic rings. The predicted molar refractivity (Wildman–Crippen MR) is 98.1 cm³/mol. The van der Waals surface area contributed by atoms with E-state index < -0.39 is 0 Å². The smallest absolute Gasteiger partial charge is 0.261 e. The molecule has 0 saturated carbocycles. The van der Waals surface area contributed by atoms with E-state index in [1.165, 1.54) is 0 Å². The van der Waals surface area contributed by atoms with E-state index in [4.69, 9.17) is 4.52 Å². The van der Waals surface area contributed by atoms with Gasteiger partial charge in [-0.05, 0) is 30.7 Å². The van der Waals surface area contributed by atoms with Crippen molar-refractivity contribution >= 4 is 27.5 Å². The van der Waals surface area contributed by atoms with E-state index in [0.717, 1.165) is 21.3 Å². The minimum atomic E-state index is -0.214. The van der Waals surface area contributed by atoms with Gasteiger partial charge in [0.2, 0.25) is 0 Å². The molecular formula is C19H17BrN2O2. The van der Waals surface area contributed by atoms with Gasteiger partial charge in [0, 0.05) is 22.1 Å². The average Bonchev–Trinajstić information content (AvgIpc) is 3.03. The van der Waals surface area contributed by atoms with E-state index in [1.54, 1.807) is 0 Å². The summed E-state index contributed by atoms with van der Waals surface area (Å²) in [4.78, 5) is 12.8. The van der Waals surface area contributed by atoms with Gasteiger partial charge in [0.25, 0.3) is 5.91 Å². The van der Waals surface area contributed by atoms with Gasteiger partial charge in [0.1, 0.15) is 17.0 Å². The van der Waals surface area contributed by atoms with Crippen LogP contribution in [0.2, 0.25) is 0 Å². The fourth-order valence-electron chi connectivity index (χ4n) is 2.51. The molecule has 0 atom stereocenters. The second-order valence-corrected chi connectivity index (χ2v) is 6.32. The standard InChI is InChI=1S/C19H17BrN2O2/c1-3-16-17(18(22-24-16)13-7-5-4-6-8-13)19(23)21-14-9-10-15(20)12(2)11-14/h4-11H,3H2,1-2H3,(H,21,23). The quantitative estimate of drug-likeness (QED) is 0.669. The third-order valence-electron chi connectivity index (χ3n) is 3.77. The SMILES string of the molecule is CCc1onc(-c2ccccc2)c1C(=O)Nc1ccc(Br)c(C)c1. The number of amides is 1. The maximum Gasteiger partial charge on any atom is 0.261 e. The molecule has 1 aromatic heterocycles. The molecular weight excluding hydrogens is 368 g/mol. The van der Waals surface area contributed by atoms with Crippen LogP contribution in [-0.2, 0) is 6.42 Å². The lowest BCUT2D eigenvalue weighted by molar-refractivity contribution is 0.102. The summed E-state index contributed by atoms with van der Waals surface area (Å²) in [5.41, 5.74) is 3.71. The van der Waals surface area contributed by atoms with Crippen molar-refractivity contribution in [3.8, 4) is 11.3 Å². The monoisotopic (exact) mass is 384 g/mol. The van der Waals surface area contributed by atoms with Gasteiger partial charge in [0.15, 0.2) is 0 Å². The number of aromatic nitrogens is 1. The molecule has 4 nitrogen and oxygen atoms in total. The Kier molecular flexibility index (Phi) is 4.81. The van der Waals surface area contributed by atoms with Gasteiger partial charge >= 0.3 is 0 Å². The number of nitrogens with one attached hydrogen (secondary N) is 1. The Balaban J connectivity index is 1.97. The molecule has 0 fully saturated rings. The third-order valence-corrected chi connectivity index (χ3v) is 4.66. The van der Waals surface area contributed by atoms with Gasteiger partial charge in [-0.1, -0.05) is 58.3 Å². The summed E-state index contributed by atoms with van der Waals surface area (Å²) < 4.78 is 6.39. The van der Waals surface area contributed by atoms with Crippen molar-refractivity contribution in [2.45, 2.75) is 20.3 Å². The first kappa shape index (κ1) is 16.5. The van der Waals surface area contributed by atoms with Crippen molar-refractivity contribution < 1.29 is 9.32 Å². The van der Waals surface area contributed by atoms with E-state index in [0.29, 0.717) is 23.4 Å². The van der Waals surface area contributed by atoms with E-state index in [1.807, 2.05) is 62.4 Å². The molecule has 0 spiro atoms. The van der Waals surface area contributed by atoms with E-state index >= 15 is 0 Å². The van der Waals surface area contributed by atoms with Crippen LogP contribution in [0.4, 0.5) is 5.69 Å². The molecule has 1 N–H and O–H groups in total. The van der Waals surface area contributed by atoms with Gasteiger partial charge in [0.05, 0.1) is 0 Å². The first-order chi connectivity index (χ1) is 11.6. The van der Waals surface area contributed by atoms with Crippen molar-refractivity contribution in [2.24, 2.45) is 0 Å². The number of carbonyl (C=O) groups is 1. The molecule has 0 aliphatic carbocycles. The normalized spacial score (nSPS) is 10.6. The Bertz CT molecular complexity index is 872. The first-order valence-electron chi connectivity index (χ1n) is 7.71. The number of benzene rings is 2. The molecule has 0 saturated heterocycles. The van der Waals surface area contributed by atoms with Crippen LogP contribution in [0.15, 0.2) is 57.5 Å². The minimum absolute atomic E-state index is 0.214. The first-order valence-corrected chi connectivity index (χ1v) is 8.51. The Morgan fingerprint density at radius 1 is 1.21 bits per heavy atom. The highest BCUT2D eigenvalue weighted by Gasteiger charge is 2.23. The number of rotatable bonds is 4. The van der Waals surface area contributed by atoms with Crippen LogP contribution in [0.25, 0.3) is 11.3 Å². The number of halogens is 1. The molecule has 1 heterocycles. The van der Waals surface area contributed by atoms with Crippen molar-refractivity contribution in [1.82, 2.24) is 5.16 Å². The summed E-state index contributed by atoms with van der Waals surface area (Å²) in [5, 5.41) is 7.05. The summed E-state index contributed by atoms with van der Waals surface area (Å²) >= 11 is 3.46. The average molecular weight is 385 g/mol. The lowest BCUT2D eigenvalue weighted by Crippen LogP contribution is -2.14. The van der Waals surface area contributed by atoms with Crippen LogP contribution in [0.1, 0.15) is 28.6 Å². The topological polar surface area (TPSA) is 55.1 Å². The fourth-order valence-corrected chi connectivity index (χ4v) is 2.76. The molecule has 0 bridgehead atoms. The number of hydrogen-bond acceptors (Lipinski definition) is 3. The van der Waals surface area contributed by atoms with Crippen LogP contribution >= 0.6 is 15.9 Å². The van der Waals surface area contributed by atoms with Gasteiger partial charge in [-0.25, -0.2) is 0 Å². The third kappa shape index (κ3) is 3.26. The molecule has 0 aliphatic heterocycles. The molecule has 2 aromatic carbocycles. The lowest BCUT2D eigenvalue weighted by Gasteiger charge is -2.08. The van der Waals surface area contributed by atoms with Crippen LogP contribution in [-0.4, -0.2) is 11.1 Å². The minimum Gasteiger partial charge on any atom is -0.360 e. The zero-order chi connectivity index (χ0) is 17.1. The zero-order valence-electron chi connectivity index (χ0n) is 13.5. The van der Waals surface area contributed by atoms with Crippen molar-refractivity contribution in [3.63, 3.8) is 0 Å². The van der Waals surface area contributed by atoms with Crippen LogP contribution in [0, 0.1) is 6.92 Å². The zero-order valence-corrected chi connectivity index (χ0v) is 15.1. The maximum atomic E-state index is 12.8. The maximum absolute atomic E-state index is 12.8. The summed E-state index contributed by atoms with van der Waals surface area (Å²) in [6, 6.07) is 15.3. The number of carbonyl (C=O) groups excluding carboxylic acids is 1. The van der Waals surface area contributed by atoms with Crippen molar-refractivity contribution in [2.75, 3.05) is 5.32 Å². The van der Waals surface area contributed by atoms with Gasteiger partial charge in [-0.2, -0.15) is 0 Å². The molecule has 5 heteroatoms. The lowest BCUT2D eigenvalue weighted by atomic mass is 10.0. The molecule has 0 unspecified atom stereocenters. The Morgan fingerprint density at radius 2 is 1.96 bits per heavy atom. The van der Waals surface area contributed by atoms with Gasteiger partial charge < -0.3 is 9.84 Å². The Hall–Kier alpha value is -2.40. The van der Waals surface area contributed by atoms with Crippen molar-refractivity contribution in [1.29, 1.82) is 0 Å². The number of aryl methyl sites for hydroxylation is 2. The highest BCUT2D eigenvalue weighted by Crippen LogP contribution is 2.27. The van der Waals surface area contributed by atoms with Gasteiger partial charge in [-0.3, -0.25) is 4.79 Å². The van der Waals surface area contributed by atoms with Crippen LogP contribution in [0.3, 0.4) is 0 Å². The van der Waals surface area contributed by atoms with E-state index in [2.05, 4.69) is 26.4 Å². The van der Waals surface area contributed by atoms with Crippen LogP contribution < -0.4 is 5.32 Å². The predicted octanol–water partition coefficient (Wildman–Crippen LogP) is 5.23. The molecule has 1 amide bonds. The summed E-state index contributed by atoms with van der Waals surface area (Å²) in [5.74, 6) is 0.369. The highest BCUT2D eigenvalue weighted by molar-refractivity contribution is 9.10. The van der Waals surface area contributed by atoms with Crippen LogP contribution in [0.5, 0.6) is 0 Å².